The number of nitro benzene ring substituents is 1. The van der Waals surface area contributed by atoms with Crippen molar-refractivity contribution in [3.05, 3.63) is 64.2 Å². The largest absolute Gasteiger partial charge is 0.308 e. The van der Waals surface area contributed by atoms with Gasteiger partial charge in [-0.25, -0.2) is 4.98 Å². The quantitative estimate of drug-likeness (QED) is 0.538. The van der Waals surface area contributed by atoms with Crippen LogP contribution in [0.5, 0.6) is 0 Å². The second-order valence-electron chi connectivity index (χ2n) is 5.31. The zero-order valence-corrected chi connectivity index (χ0v) is 12.0. The molecule has 3 aromatic rings. The molecule has 0 spiro atoms. The first-order valence-corrected chi connectivity index (χ1v) is 7.17. The van der Waals surface area contributed by atoms with Crippen LogP contribution in [0.25, 0.3) is 11.0 Å². The highest BCUT2D eigenvalue weighted by Crippen LogP contribution is 2.28. The Balaban J connectivity index is 1.70. The summed E-state index contributed by atoms with van der Waals surface area (Å²) in [6.45, 7) is 1.23. The van der Waals surface area contributed by atoms with E-state index in [1.165, 1.54) is 24.3 Å². The zero-order valence-electron chi connectivity index (χ0n) is 12.0. The summed E-state index contributed by atoms with van der Waals surface area (Å²) in [4.78, 5) is 29.0. The van der Waals surface area contributed by atoms with Gasteiger partial charge in [-0.15, -0.1) is 0 Å². The fourth-order valence-electron chi connectivity index (χ4n) is 2.86. The van der Waals surface area contributed by atoms with Crippen molar-refractivity contribution in [1.29, 1.82) is 0 Å². The van der Waals surface area contributed by atoms with Crippen molar-refractivity contribution in [2.75, 3.05) is 11.4 Å². The highest BCUT2D eigenvalue weighted by Gasteiger charge is 2.29. The number of benzene rings is 2. The first kappa shape index (κ1) is 13.4. The molecule has 0 atom stereocenters. The van der Waals surface area contributed by atoms with Crippen molar-refractivity contribution in [2.45, 2.75) is 6.54 Å². The van der Waals surface area contributed by atoms with E-state index in [1.54, 1.807) is 4.90 Å². The van der Waals surface area contributed by atoms with Crippen molar-refractivity contribution in [2.24, 2.45) is 0 Å². The van der Waals surface area contributed by atoms with Gasteiger partial charge in [0.2, 0.25) is 5.95 Å². The van der Waals surface area contributed by atoms with Crippen LogP contribution in [0.4, 0.5) is 11.6 Å². The summed E-state index contributed by atoms with van der Waals surface area (Å²) in [6, 6.07) is 13.4. The maximum atomic E-state index is 12.7. The van der Waals surface area contributed by atoms with Crippen LogP contribution in [0.1, 0.15) is 10.4 Å². The molecule has 0 saturated heterocycles. The highest BCUT2D eigenvalue weighted by molar-refractivity contribution is 6.06. The fourth-order valence-corrected chi connectivity index (χ4v) is 2.86. The Morgan fingerprint density at radius 1 is 1.09 bits per heavy atom. The number of rotatable bonds is 2. The van der Waals surface area contributed by atoms with Crippen LogP contribution in [0.2, 0.25) is 0 Å². The lowest BCUT2D eigenvalue weighted by molar-refractivity contribution is -0.384. The van der Waals surface area contributed by atoms with Gasteiger partial charge in [0.1, 0.15) is 0 Å². The van der Waals surface area contributed by atoms with Gasteiger partial charge in [-0.05, 0) is 24.3 Å². The maximum Gasteiger partial charge on any atom is 0.269 e. The molecule has 1 aliphatic heterocycles. The molecule has 0 unspecified atom stereocenters. The Morgan fingerprint density at radius 3 is 2.57 bits per heavy atom. The lowest BCUT2D eigenvalue weighted by Gasteiger charge is -2.13. The number of aromatic nitrogens is 2. The Labute approximate surface area is 130 Å². The Morgan fingerprint density at radius 2 is 1.83 bits per heavy atom. The van der Waals surface area contributed by atoms with Crippen molar-refractivity contribution >= 4 is 28.6 Å². The third kappa shape index (κ3) is 2.05. The number of imidazole rings is 1. The van der Waals surface area contributed by atoms with E-state index in [1.807, 2.05) is 28.8 Å². The van der Waals surface area contributed by atoms with Crippen LogP contribution in [-0.4, -0.2) is 26.9 Å². The van der Waals surface area contributed by atoms with Crippen molar-refractivity contribution < 1.29 is 9.72 Å². The topological polar surface area (TPSA) is 81.3 Å². The smallest absolute Gasteiger partial charge is 0.269 e. The van der Waals surface area contributed by atoms with Crippen LogP contribution in [-0.2, 0) is 6.54 Å². The van der Waals surface area contributed by atoms with E-state index in [-0.39, 0.29) is 11.6 Å². The molecule has 0 aliphatic carbocycles. The number of hydrogen-bond donors (Lipinski definition) is 0. The van der Waals surface area contributed by atoms with E-state index in [9.17, 15) is 14.9 Å². The van der Waals surface area contributed by atoms with Gasteiger partial charge < -0.3 is 4.57 Å². The molecule has 1 aromatic heterocycles. The summed E-state index contributed by atoms with van der Waals surface area (Å²) >= 11 is 0. The van der Waals surface area contributed by atoms with Crippen LogP contribution in [0.3, 0.4) is 0 Å². The predicted molar refractivity (Wildman–Crippen MR) is 84.5 cm³/mol. The average molecular weight is 308 g/mol. The van der Waals surface area contributed by atoms with E-state index in [4.69, 9.17) is 0 Å². The monoisotopic (exact) mass is 308 g/mol. The number of anilines is 1. The molecule has 2 heterocycles. The van der Waals surface area contributed by atoms with Crippen LogP contribution >= 0.6 is 0 Å². The molecule has 1 amide bonds. The Hall–Kier alpha value is -3.22. The highest BCUT2D eigenvalue weighted by atomic mass is 16.6. The minimum absolute atomic E-state index is 0.0322. The normalized spacial score (nSPS) is 13.3. The lowest BCUT2D eigenvalue weighted by atomic mass is 10.2. The van der Waals surface area contributed by atoms with Gasteiger partial charge in [-0.1, -0.05) is 12.1 Å². The van der Waals surface area contributed by atoms with E-state index in [0.29, 0.717) is 24.6 Å². The molecule has 4 rings (SSSR count). The van der Waals surface area contributed by atoms with Gasteiger partial charge in [0, 0.05) is 30.8 Å². The summed E-state index contributed by atoms with van der Waals surface area (Å²) in [5.41, 5.74) is 2.23. The molecule has 0 bridgehead atoms. The lowest BCUT2D eigenvalue weighted by Crippen LogP contribution is -2.29. The first-order chi connectivity index (χ1) is 11.1. The second kappa shape index (κ2) is 4.91. The van der Waals surface area contributed by atoms with Crippen LogP contribution in [0, 0.1) is 10.1 Å². The van der Waals surface area contributed by atoms with E-state index < -0.39 is 4.92 Å². The number of fused-ring (bicyclic) bond motifs is 3. The van der Waals surface area contributed by atoms with Gasteiger partial charge in [0.15, 0.2) is 0 Å². The molecule has 0 fully saturated rings. The molecule has 0 saturated carbocycles. The molecule has 114 valence electrons. The average Bonchev–Trinajstić information content (AvgIpc) is 3.13. The molecular formula is C16H12N4O3. The SMILES string of the molecule is O=C(c1ccc([N+](=O)[O-])cc1)N1CCn2c1nc1ccccc12. The van der Waals surface area contributed by atoms with E-state index in [2.05, 4.69) is 4.98 Å². The standard InChI is InChI=1S/C16H12N4O3/c21-15(11-5-7-12(8-6-11)20(22)23)19-10-9-18-14-4-2-1-3-13(14)17-16(18)19/h1-8H,9-10H2. The number of amides is 1. The number of carbonyl (C=O) groups is 1. The predicted octanol–water partition coefficient (Wildman–Crippen LogP) is 2.60. The minimum Gasteiger partial charge on any atom is -0.308 e. The van der Waals surface area contributed by atoms with Gasteiger partial charge >= 0.3 is 0 Å². The summed E-state index contributed by atoms with van der Waals surface area (Å²) < 4.78 is 2.01. The van der Waals surface area contributed by atoms with Crippen molar-refractivity contribution in [3.8, 4) is 0 Å². The summed E-state index contributed by atoms with van der Waals surface area (Å²) in [6.07, 6.45) is 0. The van der Waals surface area contributed by atoms with E-state index in [0.717, 1.165) is 11.0 Å². The minimum atomic E-state index is -0.483. The number of nitro groups is 1. The zero-order chi connectivity index (χ0) is 16.0. The summed E-state index contributed by atoms with van der Waals surface area (Å²) in [5, 5.41) is 10.7. The molecule has 1 aliphatic rings. The van der Waals surface area contributed by atoms with Gasteiger partial charge in [0.05, 0.1) is 16.0 Å². The van der Waals surface area contributed by atoms with E-state index >= 15 is 0 Å². The molecule has 7 nitrogen and oxygen atoms in total. The summed E-state index contributed by atoms with van der Waals surface area (Å²) in [7, 11) is 0. The summed E-state index contributed by atoms with van der Waals surface area (Å²) in [5.74, 6) is 0.420. The Bertz CT molecular complexity index is 930. The Kier molecular flexibility index (Phi) is 2.87. The molecule has 7 heteroatoms. The number of hydrogen-bond acceptors (Lipinski definition) is 4. The molecule has 0 N–H and O–H groups in total. The van der Waals surface area contributed by atoms with Crippen molar-refractivity contribution in [3.63, 3.8) is 0 Å². The number of non-ortho nitro benzene ring substituents is 1. The fraction of sp³-hybridized carbons (Fsp3) is 0.125. The maximum absolute atomic E-state index is 12.7. The number of carbonyl (C=O) groups excluding carboxylic acids is 1. The van der Waals surface area contributed by atoms with Crippen LogP contribution in [0.15, 0.2) is 48.5 Å². The van der Waals surface area contributed by atoms with Gasteiger partial charge in [0.25, 0.3) is 11.6 Å². The van der Waals surface area contributed by atoms with Crippen molar-refractivity contribution in [1.82, 2.24) is 9.55 Å². The number of para-hydroxylation sites is 2. The molecule has 0 radical (unpaired) electrons. The molecule has 2 aromatic carbocycles. The van der Waals surface area contributed by atoms with Gasteiger partial charge in [-0.3, -0.25) is 19.8 Å². The molecular weight excluding hydrogens is 296 g/mol. The molecule has 23 heavy (non-hydrogen) atoms. The van der Waals surface area contributed by atoms with Crippen LogP contribution < -0.4 is 4.90 Å². The van der Waals surface area contributed by atoms with Gasteiger partial charge in [-0.2, -0.15) is 0 Å². The second-order valence-corrected chi connectivity index (χ2v) is 5.31. The third-order valence-electron chi connectivity index (χ3n) is 3.99. The number of nitrogens with zero attached hydrogens (tertiary/aromatic N) is 4. The first-order valence-electron chi connectivity index (χ1n) is 7.17. The third-order valence-corrected chi connectivity index (χ3v) is 3.99.